The Morgan fingerprint density at radius 1 is 0.927 bits per heavy atom. The first-order chi connectivity index (χ1) is 26.7. The molecule has 3 aliphatic heterocycles. The number of carboxylic acids is 1. The maximum absolute atomic E-state index is 11.9. The van der Waals surface area contributed by atoms with Gasteiger partial charge in [0.15, 0.2) is 0 Å². The van der Waals surface area contributed by atoms with E-state index in [0.717, 1.165) is 78.4 Å². The molecule has 292 valence electrons. The highest BCUT2D eigenvalue weighted by Gasteiger charge is 2.38. The van der Waals surface area contributed by atoms with Crippen LogP contribution in [0.25, 0.3) is 11.1 Å². The van der Waals surface area contributed by atoms with E-state index < -0.39 is 18.1 Å². The minimum atomic E-state index is -0.968. The van der Waals surface area contributed by atoms with Crippen LogP contribution < -0.4 is 14.2 Å². The van der Waals surface area contributed by atoms with Crippen LogP contribution in [0, 0.1) is 19.3 Å². The highest BCUT2D eigenvalue weighted by atomic mass is 35.5. The molecule has 3 fully saturated rings. The summed E-state index contributed by atoms with van der Waals surface area (Å²) in [4.78, 5) is 20.4. The van der Waals surface area contributed by atoms with E-state index in [1.807, 2.05) is 18.2 Å². The average Bonchev–Trinajstić information content (AvgIpc) is 3.80. The first-order valence-corrected chi connectivity index (χ1v) is 19.8. The fraction of sp³-hybridized carbons (Fsp3) is 0.455. The topological polar surface area (TPSA) is 114 Å². The van der Waals surface area contributed by atoms with Gasteiger partial charge in [-0.2, -0.15) is 0 Å². The molecular formula is C44H52ClN3O7. The van der Waals surface area contributed by atoms with E-state index in [2.05, 4.69) is 54.1 Å². The smallest absolute Gasteiger partial charge is 0.321 e. The zero-order chi connectivity index (χ0) is 38.4. The van der Waals surface area contributed by atoms with Gasteiger partial charge in [-0.25, -0.2) is 0 Å². The summed E-state index contributed by atoms with van der Waals surface area (Å²) in [6.45, 7) is 11.1. The van der Waals surface area contributed by atoms with Crippen molar-refractivity contribution in [2.45, 2.75) is 77.9 Å². The van der Waals surface area contributed by atoms with Gasteiger partial charge in [0.2, 0.25) is 0 Å². The van der Waals surface area contributed by atoms with E-state index in [0.29, 0.717) is 34.1 Å². The predicted molar refractivity (Wildman–Crippen MR) is 212 cm³/mol. The summed E-state index contributed by atoms with van der Waals surface area (Å²) < 4.78 is 24.7. The van der Waals surface area contributed by atoms with Crippen LogP contribution >= 0.6 is 11.6 Å². The van der Waals surface area contributed by atoms with E-state index in [1.165, 1.54) is 19.3 Å². The number of hydrogen-bond donors (Lipinski definition) is 2. The number of aromatic nitrogens is 1. The second-order valence-electron chi connectivity index (χ2n) is 15.4. The van der Waals surface area contributed by atoms with Crippen LogP contribution in [0.5, 0.6) is 17.2 Å². The van der Waals surface area contributed by atoms with Crippen molar-refractivity contribution in [2.24, 2.45) is 5.41 Å². The summed E-state index contributed by atoms with van der Waals surface area (Å²) in [5, 5.41) is 20.4. The average molecular weight is 770 g/mol. The number of benzene rings is 3. The maximum Gasteiger partial charge on any atom is 0.321 e. The molecule has 3 saturated heterocycles. The summed E-state index contributed by atoms with van der Waals surface area (Å²) in [6, 6.07) is 19.0. The van der Waals surface area contributed by atoms with Gasteiger partial charge in [0, 0.05) is 62.2 Å². The molecule has 4 heterocycles. The second-order valence-corrected chi connectivity index (χ2v) is 15.8. The lowest BCUT2D eigenvalue weighted by molar-refractivity contribution is -0.142. The first kappa shape index (κ1) is 39.1. The largest absolute Gasteiger partial charge is 0.493 e. The molecule has 1 aromatic heterocycles. The molecule has 3 aliphatic rings. The number of carboxylic acid groups (broad SMARTS) is 1. The van der Waals surface area contributed by atoms with Crippen molar-refractivity contribution in [3.8, 4) is 28.4 Å². The molecule has 10 nitrogen and oxygen atoms in total. The number of β-amino-alcohol motifs (C(OH)–C–C–N with tert-alkyl or cyclic N) is 1. The second kappa shape index (κ2) is 17.7. The molecule has 2 atom stereocenters. The third kappa shape index (κ3) is 9.44. The third-order valence-electron chi connectivity index (χ3n) is 11.7. The van der Waals surface area contributed by atoms with Crippen LogP contribution in [0.4, 0.5) is 0 Å². The molecule has 0 bridgehead atoms. The Balaban J connectivity index is 1.01. The number of pyridine rings is 1. The molecule has 4 aromatic rings. The van der Waals surface area contributed by atoms with Crippen molar-refractivity contribution < 1.29 is 34.0 Å². The van der Waals surface area contributed by atoms with Crippen LogP contribution in [0.1, 0.15) is 59.9 Å². The predicted octanol–water partition coefficient (Wildman–Crippen LogP) is 7.47. The van der Waals surface area contributed by atoms with E-state index in [-0.39, 0.29) is 32.7 Å². The number of aliphatic hydroxyl groups is 1. The number of ether oxygens (including phenoxy) is 4. The zero-order valence-electron chi connectivity index (χ0n) is 31.8. The molecular weight excluding hydrogens is 718 g/mol. The number of piperidine rings is 1. The molecule has 2 N–H and O–H groups in total. The van der Waals surface area contributed by atoms with Gasteiger partial charge in [0.05, 0.1) is 24.3 Å². The number of carbonyl (C=O) groups is 1. The molecule has 0 radical (unpaired) electrons. The van der Waals surface area contributed by atoms with Gasteiger partial charge in [-0.3, -0.25) is 14.7 Å². The maximum atomic E-state index is 11.9. The highest BCUT2D eigenvalue weighted by Crippen LogP contribution is 2.40. The van der Waals surface area contributed by atoms with Crippen LogP contribution in [0.2, 0.25) is 5.02 Å². The zero-order valence-corrected chi connectivity index (χ0v) is 32.6. The number of likely N-dealkylation sites (tertiary alicyclic amines) is 2. The highest BCUT2D eigenvalue weighted by molar-refractivity contribution is 6.32. The lowest BCUT2D eigenvalue weighted by Gasteiger charge is -2.38. The van der Waals surface area contributed by atoms with Gasteiger partial charge in [0.1, 0.15) is 36.5 Å². The summed E-state index contributed by atoms with van der Waals surface area (Å²) in [5.74, 6) is 0.915. The van der Waals surface area contributed by atoms with Crippen molar-refractivity contribution in [3.05, 3.63) is 106 Å². The minimum absolute atomic E-state index is 0.168. The molecule has 3 aromatic carbocycles. The molecule has 0 amide bonds. The van der Waals surface area contributed by atoms with E-state index in [1.54, 1.807) is 29.4 Å². The first-order valence-electron chi connectivity index (χ1n) is 19.4. The number of nitrogens with zero attached hydrogens (tertiary/aromatic N) is 3. The summed E-state index contributed by atoms with van der Waals surface area (Å²) in [7, 11) is 0. The Hall–Kier alpha value is -4.19. The SMILES string of the molecule is Cc1c(COc2cc(OCc3cccnc3)c(CN3C[C@@H](O)C[C@H]3C(=O)O)cc2Cl)cccc1-c1cccc(OCCCN2CCC3(CCOC3)CC2)c1C. The standard InChI is InChI=1S/C44H52ClN3O7/c1-30-33(8-3-9-36(30)37-10-4-11-40(31(37)2)53-19-6-16-47-17-12-44(13-18-47)14-20-52-29-44)28-55-42-23-41(54-27-32-7-5-15-46-24-32)34(21-38(42)45)25-48-26-35(49)22-39(48)43(50)51/h3-5,7-11,15,21,23-24,35,39,49H,6,12-14,16-20,22,25-29H2,1-2H3,(H,50,51)/t35-,39-/m0/s1. The van der Waals surface area contributed by atoms with Crippen LogP contribution in [-0.2, 0) is 29.3 Å². The summed E-state index contributed by atoms with van der Waals surface area (Å²) in [6.07, 6.45) is 7.57. The number of aliphatic hydroxyl groups excluding tert-OH is 1. The van der Waals surface area contributed by atoms with E-state index >= 15 is 0 Å². The van der Waals surface area contributed by atoms with Crippen molar-refractivity contribution >= 4 is 17.6 Å². The number of aliphatic carboxylic acids is 1. The van der Waals surface area contributed by atoms with Crippen molar-refractivity contribution in [1.29, 1.82) is 0 Å². The monoisotopic (exact) mass is 769 g/mol. The van der Waals surface area contributed by atoms with Crippen LogP contribution in [-0.4, -0.2) is 89.1 Å². The third-order valence-corrected chi connectivity index (χ3v) is 11.9. The number of rotatable bonds is 15. The molecule has 0 aliphatic carbocycles. The summed E-state index contributed by atoms with van der Waals surface area (Å²) >= 11 is 6.83. The van der Waals surface area contributed by atoms with Crippen molar-refractivity contribution in [1.82, 2.24) is 14.8 Å². The lowest BCUT2D eigenvalue weighted by atomic mass is 9.78. The van der Waals surface area contributed by atoms with Crippen molar-refractivity contribution in [3.63, 3.8) is 0 Å². The molecule has 0 saturated carbocycles. The van der Waals surface area contributed by atoms with Gasteiger partial charge >= 0.3 is 5.97 Å². The Kier molecular flexibility index (Phi) is 12.6. The molecule has 7 rings (SSSR count). The van der Waals surface area contributed by atoms with Gasteiger partial charge in [-0.15, -0.1) is 0 Å². The molecule has 55 heavy (non-hydrogen) atoms. The van der Waals surface area contributed by atoms with E-state index in [4.69, 9.17) is 30.5 Å². The Morgan fingerprint density at radius 2 is 1.71 bits per heavy atom. The quantitative estimate of drug-likeness (QED) is 0.118. The minimum Gasteiger partial charge on any atom is -0.493 e. The van der Waals surface area contributed by atoms with Gasteiger partial charge in [0.25, 0.3) is 0 Å². The summed E-state index contributed by atoms with van der Waals surface area (Å²) in [5.41, 5.74) is 7.48. The van der Waals surface area contributed by atoms with Crippen LogP contribution in [0.3, 0.4) is 0 Å². The fourth-order valence-electron chi connectivity index (χ4n) is 8.23. The molecule has 1 spiro atoms. The van der Waals surface area contributed by atoms with Gasteiger partial charge in [-0.1, -0.05) is 48.0 Å². The van der Waals surface area contributed by atoms with Gasteiger partial charge < -0.3 is 34.1 Å². The van der Waals surface area contributed by atoms with Gasteiger partial charge in [-0.05, 0) is 104 Å². The fourth-order valence-corrected chi connectivity index (χ4v) is 8.47. The number of hydrogen-bond acceptors (Lipinski definition) is 9. The Labute approximate surface area is 328 Å². The molecule has 0 unspecified atom stereocenters. The number of halogens is 1. The lowest BCUT2D eigenvalue weighted by Crippen LogP contribution is -2.41. The van der Waals surface area contributed by atoms with Crippen molar-refractivity contribution in [2.75, 3.05) is 46.0 Å². The van der Waals surface area contributed by atoms with E-state index in [9.17, 15) is 15.0 Å². The Morgan fingerprint density at radius 3 is 2.45 bits per heavy atom. The van der Waals surface area contributed by atoms with Crippen LogP contribution in [0.15, 0.2) is 73.1 Å². The molecule has 11 heteroatoms. The Bertz CT molecular complexity index is 1930. The normalized spacial score (nSPS) is 19.9.